The molecule has 0 bridgehead atoms. The average molecular weight is 402 g/mol. The molecule has 1 fully saturated rings. The predicted octanol–water partition coefficient (Wildman–Crippen LogP) is 4.38. The number of rotatable bonds is 5. The summed E-state index contributed by atoms with van der Waals surface area (Å²) in [5, 5.41) is 6.03. The number of fused-ring (bicyclic) bond motifs is 1. The van der Waals surface area contributed by atoms with Crippen molar-refractivity contribution < 1.29 is 9.59 Å². The molecule has 4 rings (SSSR count). The molecule has 154 valence electrons. The van der Waals surface area contributed by atoms with E-state index in [1.807, 2.05) is 31.2 Å². The molecule has 0 radical (unpaired) electrons. The standard InChI is InChI=1S/C24H26N4O2/c1-3-22(29)25-18-10-7-11-19(15-18)28-21-13-12-16(2)14-20(21)26-24(28)27-23(30)17-8-5-4-6-9-17/h3-6,8-9,12-14,18-19H,1,7,10-11,15H2,2H3,(H,25,29)(H,26,27,30). The van der Waals surface area contributed by atoms with E-state index < -0.39 is 0 Å². The van der Waals surface area contributed by atoms with Gasteiger partial charge in [0.25, 0.3) is 5.91 Å². The topological polar surface area (TPSA) is 76.0 Å². The normalized spacial score (nSPS) is 18.7. The molecule has 6 heteroatoms. The minimum absolute atomic E-state index is 0.0785. The molecule has 6 nitrogen and oxygen atoms in total. The number of carbonyl (C=O) groups is 2. The number of anilines is 1. The minimum atomic E-state index is -0.184. The van der Waals surface area contributed by atoms with Crippen LogP contribution in [0.4, 0.5) is 5.95 Å². The van der Waals surface area contributed by atoms with Crippen molar-refractivity contribution >= 4 is 28.8 Å². The summed E-state index contributed by atoms with van der Waals surface area (Å²) in [5.41, 5.74) is 3.56. The lowest BCUT2D eigenvalue weighted by molar-refractivity contribution is -0.117. The second-order valence-electron chi connectivity index (χ2n) is 7.85. The van der Waals surface area contributed by atoms with Crippen LogP contribution in [0.5, 0.6) is 0 Å². The molecule has 2 N–H and O–H groups in total. The summed E-state index contributed by atoms with van der Waals surface area (Å²) in [4.78, 5) is 29.3. The first-order chi connectivity index (χ1) is 14.5. The Balaban J connectivity index is 1.68. The lowest BCUT2D eigenvalue weighted by atomic mass is 9.90. The van der Waals surface area contributed by atoms with Crippen LogP contribution in [0.3, 0.4) is 0 Å². The van der Waals surface area contributed by atoms with Crippen molar-refractivity contribution in [1.29, 1.82) is 0 Å². The van der Waals surface area contributed by atoms with Gasteiger partial charge in [-0.15, -0.1) is 0 Å². The van der Waals surface area contributed by atoms with Crippen LogP contribution in [-0.4, -0.2) is 27.4 Å². The molecule has 2 unspecified atom stereocenters. The highest BCUT2D eigenvalue weighted by molar-refractivity contribution is 6.04. The Kier molecular flexibility index (Phi) is 5.65. The number of imidazole rings is 1. The zero-order chi connectivity index (χ0) is 21.1. The van der Waals surface area contributed by atoms with Gasteiger partial charge < -0.3 is 9.88 Å². The molecule has 1 heterocycles. The van der Waals surface area contributed by atoms with Gasteiger partial charge in [0.15, 0.2) is 0 Å². The summed E-state index contributed by atoms with van der Waals surface area (Å²) in [6.07, 6.45) is 4.99. The molecule has 0 saturated heterocycles. The van der Waals surface area contributed by atoms with Gasteiger partial charge in [-0.1, -0.05) is 30.8 Å². The maximum Gasteiger partial charge on any atom is 0.257 e. The smallest absolute Gasteiger partial charge is 0.257 e. The SMILES string of the molecule is C=CC(=O)NC1CCCC(n2c(NC(=O)c3ccccc3)nc3cc(C)ccc32)C1. The molecular formula is C24H26N4O2. The molecule has 1 aromatic heterocycles. The number of aromatic nitrogens is 2. The fourth-order valence-electron chi connectivity index (χ4n) is 4.22. The molecule has 2 atom stereocenters. The maximum absolute atomic E-state index is 12.8. The fraction of sp³-hybridized carbons (Fsp3) is 0.292. The van der Waals surface area contributed by atoms with Gasteiger partial charge in [-0.2, -0.15) is 0 Å². The number of hydrogen-bond acceptors (Lipinski definition) is 3. The van der Waals surface area contributed by atoms with Crippen LogP contribution >= 0.6 is 0 Å². The van der Waals surface area contributed by atoms with Gasteiger partial charge in [0, 0.05) is 17.6 Å². The Morgan fingerprint density at radius 3 is 2.73 bits per heavy atom. The van der Waals surface area contributed by atoms with Gasteiger partial charge in [0.2, 0.25) is 11.9 Å². The summed E-state index contributed by atoms with van der Waals surface area (Å²) < 4.78 is 2.13. The fourth-order valence-corrected chi connectivity index (χ4v) is 4.22. The van der Waals surface area contributed by atoms with Crippen molar-refractivity contribution in [2.75, 3.05) is 5.32 Å². The van der Waals surface area contributed by atoms with Crippen molar-refractivity contribution in [3.8, 4) is 0 Å². The third kappa shape index (κ3) is 4.13. The molecule has 1 aliphatic rings. The second kappa shape index (κ2) is 8.53. The third-order valence-electron chi connectivity index (χ3n) is 5.65. The van der Waals surface area contributed by atoms with E-state index in [0.29, 0.717) is 11.5 Å². The Labute approximate surface area is 176 Å². The van der Waals surface area contributed by atoms with E-state index in [2.05, 4.69) is 33.9 Å². The Morgan fingerprint density at radius 1 is 1.17 bits per heavy atom. The Bertz CT molecular complexity index is 1090. The zero-order valence-corrected chi connectivity index (χ0v) is 17.1. The van der Waals surface area contributed by atoms with Crippen LogP contribution in [-0.2, 0) is 4.79 Å². The van der Waals surface area contributed by atoms with Crippen molar-refractivity contribution in [3.63, 3.8) is 0 Å². The minimum Gasteiger partial charge on any atom is -0.350 e. The zero-order valence-electron chi connectivity index (χ0n) is 17.1. The third-order valence-corrected chi connectivity index (χ3v) is 5.65. The van der Waals surface area contributed by atoms with Crippen LogP contribution in [0.1, 0.15) is 47.6 Å². The first-order valence-electron chi connectivity index (χ1n) is 10.3. The van der Waals surface area contributed by atoms with Crippen molar-refractivity contribution in [1.82, 2.24) is 14.9 Å². The summed E-state index contributed by atoms with van der Waals surface area (Å²) in [6, 6.07) is 15.5. The van der Waals surface area contributed by atoms with Crippen LogP contribution in [0.2, 0.25) is 0 Å². The van der Waals surface area contributed by atoms with E-state index in [9.17, 15) is 9.59 Å². The van der Waals surface area contributed by atoms with E-state index in [0.717, 1.165) is 42.3 Å². The number of nitrogens with zero attached hydrogens (tertiary/aromatic N) is 2. The van der Waals surface area contributed by atoms with Gasteiger partial charge in [-0.3, -0.25) is 14.9 Å². The lowest BCUT2D eigenvalue weighted by Crippen LogP contribution is -2.38. The van der Waals surface area contributed by atoms with E-state index in [4.69, 9.17) is 4.98 Å². The van der Waals surface area contributed by atoms with Crippen LogP contribution in [0, 0.1) is 6.92 Å². The molecule has 2 aromatic carbocycles. The number of aryl methyl sites for hydroxylation is 1. The van der Waals surface area contributed by atoms with E-state index in [1.165, 1.54) is 6.08 Å². The Hall–Kier alpha value is -3.41. The molecular weight excluding hydrogens is 376 g/mol. The highest BCUT2D eigenvalue weighted by Gasteiger charge is 2.28. The van der Waals surface area contributed by atoms with Gasteiger partial charge in [-0.25, -0.2) is 4.98 Å². The van der Waals surface area contributed by atoms with Crippen molar-refractivity contribution in [2.45, 2.75) is 44.7 Å². The highest BCUT2D eigenvalue weighted by atomic mass is 16.2. The van der Waals surface area contributed by atoms with E-state index in [1.54, 1.807) is 12.1 Å². The molecule has 3 aromatic rings. The van der Waals surface area contributed by atoms with E-state index >= 15 is 0 Å². The van der Waals surface area contributed by atoms with Crippen LogP contribution in [0.25, 0.3) is 11.0 Å². The molecule has 1 saturated carbocycles. The summed E-state index contributed by atoms with van der Waals surface area (Å²) in [7, 11) is 0. The van der Waals surface area contributed by atoms with E-state index in [-0.39, 0.29) is 23.9 Å². The summed E-state index contributed by atoms with van der Waals surface area (Å²) in [5.74, 6) is 0.214. The maximum atomic E-state index is 12.8. The number of hydrogen-bond donors (Lipinski definition) is 2. The summed E-state index contributed by atoms with van der Waals surface area (Å²) >= 11 is 0. The van der Waals surface area contributed by atoms with Gasteiger partial charge in [0.1, 0.15) is 0 Å². The first kappa shape index (κ1) is 19.9. The summed E-state index contributed by atoms with van der Waals surface area (Å²) in [6.45, 7) is 5.57. The van der Waals surface area contributed by atoms with Gasteiger partial charge in [0.05, 0.1) is 11.0 Å². The van der Waals surface area contributed by atoms with Crippen molar-refractivity contribution in [3.05, 3.63) is 72.3 Å². The molecule has 0 aliphatic heterocycles. The molecule has 1 aliphatic carbocycles. The molecule has 2 amide bonds. The number of benzene rings is 2. The quantitative estimate of drug-likeness (QED) is 0.622. The van der Waals surface area contributed by atoms with Gasteiger partial charge in [-0.05, 0) is 68.5 Å². The predicted molar refractivity (Wildman–Crippen MR) is 118 cm³/mol. The number of amides is 2. The monoisotopic (exact) mass is 402 g/mol. The second-order valence-corrected chi connectivity index (χ2v) is 7.85. The Morgan fingerprint density at radius 2 is 1.97 bits per heavy atom. The van der Waals surface area contributed by atoms with Crippen LogP contribution in [0.15, 0.2) is 61.2 Å². The first-order valence-corrected chi connectivity index (χ1v) is 10.3. The molecule has 0 spiro atoms. The lowest BCUT2D eigenvalue weighted by Gasteiger charge is -2.31. The average Bonchev–Trinajstić information content (AvgIpc) is 3.11. The molecule has 30 heavy (non-hydrogen) atoms. The highest BCUT2D eigenvalue weighted by Crippen LogP contribution is 2.35. The van der Waals surface area contributed by atoms with Gasteiger partial charge >= 0.3 is 0 Å². The largest absolute Gasteiger partial charge is 0.350 e. The number of nitrogens with one attached hydrogen (secondary N) is 2. The van der Waals surface area contributed by atoms with Crippen molar-refractivity contribution in [2.24, 2.45) is 0 Å². The number of carbonyl (C=O) groups excluding carboxylic acids is 2. The van der Waals surface area contributed by atoms with Crippen LogP contribution < -0.4 is 10.6 Å².